The van der Waals surface area contributed by atoms with Crippen molar-refractivity contribution < 1.29 is 18.0 Å². The number of hydrogen-bond acceptors (Lipinski definition) is 2. The van der Waals surface area contributed by atoms with Crippen LogP contribution in [0.15, 0.2) is 18.2 Å². The summed E-state index contributed by atoms with van der Waals surface area (Å²) in [6.07, 6.45) is -4.00. The summed E-state index contributed by atoms with van der Waals surface area (Å²) in [5, 5.41) is 3.42. The van der Waals surface area contributed by atoms with Crippen LogP contribution in [-0.2, 0) is 6.18 Å². The van der Waals surface area contributed by atoms with Crippen molar-refractivity contribution in [3.63, 3.8) is 0 Å². The van der Waals surface area contributed by atoms with Gasteiger partial charge in [0.25, 0.3) is 0 Å². The number of alkyl halides is 3. The molecule has 0 aliphatic heterocycles. The molecule has 0 spiro atoms. The third-order valence-corrected chi connectivity index (χ3v) is 2.84. The number of carbonyl (C=O) groups is 1. The van der Waals surface area contributed by atoms with E-state index in [0.29, 0.717) is 9.99 Å². The number of halogens is 4. The van der Waals surface area contributed by atoms with E-state index in [1.807, 2.05) is 22.6 Å². The van der Waals surface area contributed by atoms with E-state index in [1.54, 1.807) is 0 Å². The number of hydrogen-bond donors (Lipinski definition) is 0. The van der Waals surface area contributed by atoms with E-state index in [9.17, 15) is 18.0 Å². The highest BCUT2D eigenvalue weighted by atomic mass is 127. The van der Waals surface area contributed by atoms with Crippen molar-refractivity contribution in [2.24, 2.45) is 0 Å². The van der Waals surface area contributed by atoms with Gasteiger partial charge in [0.05, 0.1) is 5.52 Å². The Bertz CT molecular complexity index is 562. The molecule has 0 N–H and O–H groups in total. The molecule has 0 unspecified atom stereocenters. The molecule has 0 fully saturated rings. The van der Waals surface area contributed by atoms with Crippen LogP contribution in [0.25, 0.3) is 5.52 Å². The largest absolute Gasteiger partial charge is 0.435 e. The summed E-state index contributed by atoms with van der Waals surface area (Å²) in [7, 11) is 0. The minimum Gasteiger partial charge on any atom is -0.298 e. The summed E-state index contributed by atoms with van der Waals surface area (Å²) in [6.45, 7) is 0. The quantitative estimate of drug-likeness (QED) is 0.455. The molecule has 84 valence electrons. The summed E-state index contributed by atoms with van der Waals surface area (Å²) < 4.78 is 38.9. The van der Waals surface area contributed by atoms with Gasteiger partial charge in [-0.2, -0.15) is 18.3 Å². The first kappa shape index (κ1) is 11.4. The van der Waals surface area contributed by atoms with E-state index in [2.05, 4.69) is 5.10 Å². The van der Waals surface area contributed by atoms with E-state index in [0.717, 1.165) is 10.6 Å². The van der Waals surface area contributed by atoms with Crippen molar-refractivity contribution in [2.75, 3.05) is 0 Å². The van der Waals surface area contributed by atoms with E-state index in [4.69, 9.17) is 0 Å². The Balaban J connectivity index is 2.78. The Kier molecular flexibility index (Phi) is 2.64. The smallest absolute Gasteiger partial charge is 0.298 e. The molecule has 3 nitrogen and oxygen atoms in total. The Morgan fingerprint density at radius 3 is 2.62 bits per heavy atom. The van der Waals surface area contributed by atoms with Crippen molar-refractivity contribution in [1.29, 1.82) is 0 Å². The fourth-order valence-corrected chi connectivity index (χ4v) is 1.85. The first-order chi connectivity index (χ1) is 7.43. The minimum absolute atomic E-state index is 0.161. The van der Waals surface area contributed by atoms with E-state index < -0.39 is 11.9 Å². The average Bonchev–Trinajstić information content (AvgIpc) is 2.63. The van der Waals surface area contributed by atoms with Gasteiger partial charge in [-0.15, -0.1) is 0 Å². The topological polar surface area (TPSA) is 34.4 Å². The van der Waals surface area contributed by atoms with Crippen molar-refractivity contribution in [3.05, 3.63) is 33.2 Å². The van der Waals surface area contributed by atoms with Crippen molar-refractivity contribution in [2.45, 2.75) is 6.18 Å². The van der Waals surface area contributed by atoms with Crippen LogP contribution in [0.3, 0.4) is 0 Å². The van der Waals surface area contributed by atoms with Crippen LogP contribution < -0.4 is 0 Å². The van der Waals surface area contributed by atoms with Gasteiger partial charge in [0, 0.05) is 5.56 Å². The van der Waals surface area contributed by atoms with Gasteiger partial charge in [0.15, 0.2) is 12.0 Å². The zero-order valence-electron chi connectivity index (χ0n) is 7.62. The molecule has 2 rings (SSSR count). The molecular weight excluding hydrogens is 336 g/mol. The van der Waals surface area contributed by atoms with Crippen LogP contribution in [0, 0.1) is 3.70 Å². The van der Waals surface area contributed by atoms with E-state index in [1.165, 1.54) is 12.1 Å². The lowest BCUT2D eigenvalue weighted by Gasteiger charge is -1.99. The molecule has 0 aromatic carbocycles. The Labute approximate surface area is 101 Å². The second kappa shape index (κ2) is 3.72. The highest BCUT2D eigenvalue weighted by molar-refractivity contribution is 14.1. The molecule has 2 heterocycles. The van der Waals surface area contributed by atoms with Gasteiger partial charge in [-0.1, -0.05) is 0 Å². The van der Waals surface area contributed by atoms with Crippen LogP contribution in [0.4, 0.5) is 13.2 Å². The molecule has 16 heavy (non-hydrogen) atoms. The Morgan fingerprint density at radius 1 is 1.38 bits per heavy atom. The predicted molar refractivity (Wildman–Crippen MR) is 58.3 cm³/mol. The molecule has 0 aliphatic carbocycles. The lowest BCUT2D eigenvalue weighted by Crippen LogP contribution is -2.06. The SMILES string of the molecule is O=Cc1ccc(I)n2nc(C(F)(F)F)cc12. The molecule has 0 radical (unpaired) electrons. The molecule has 0 bridgehead atoms. The second-order valence-electron chi connectivity index (χ2n) is 3.05. The molecule has 0 saturated heterocycles. The van der Waals surface area contributed by atoms with Gasteiger partial charge >= 0.3 is 6.18 Å². The number of fused-ring (bicyclic) bond motifs is 1. The monoisotopic (exact) mass is 340 g/mol. The third-order valence-electron chi connectivity index (χ3n) is 2.03. The Hall–Kier alpha value is -1.12. The van der Waals surface area contributed by atoms with E-state index >= 15 is 0 Å². The van der Waals surface area contributed by atoms with Crippen molar-refractivity contribution in [1.82, 2.24) is 9.61 Å². The van der Waals surface area contributed by atoms with Gasteiger partial charge in [-0.25, -0.2) is 4.52 Å². The highest BCUT2D eigenvalue weighted by Gasteiger charge is 2.34. The first-order valence-corrected chi connectivity index (χ1v) is 5.22. The molecule has 0 amide bonds. The minimum atomic E-state index is -4.50. The number of rotatable bonds is 1. The number of pyridine rings is 1. The standard InChI is InChI=1S/C9H4F3IN2O/c10-9(11,12)7-3-6-5(4-16)1-2-8(13)15(6)14-7/h1-4H. The summed E-state index contributed by atoms with van der Waals surface area (Å²) >= 11 is 1.85. The lowest BCUT2D eigenvalue weighted by atomic mass is 10.2. The van der Waals surface area contributed by atoms with Gasteiger partial charge in [-0.3, -0.25) is 4.79 Å². The van der Waals surface area contributed by atoms with Gasteiger partial charge in [0.2, 0.25) is 0 Å². The first-order valence-electron chi connectivity index (χ1n) is 4.14. The van der Waals surface area contributed by atoms with Crippen molar-refractivity contribution in [3.8, 4) is 0 Å². The van der Waals surface area contributed by atoms with Gasteiger partial charge < -0.3 is 0 Å². The molecule has 2 aromatic rings. The zero-order chi connectivity index (χ0) is 11.9. The van der Waals surface area contributed by atoms with E-state index in [-0.39, 0.29) is 11.1 Å². The molecule has 0 saturated carbocycles. The normalized spacial score (nSPS) is 12.0. The predicted octanol–water partition coefficient (Wildman–Crippen LogP) is 2.77. The van der Waals surface area contributed by atoms with Crippen LogP contribution in [0.1, 0.15) is 16.1 Å². The lowest BCUT2D eigenvalue weighted by molar-refractivity contribution is -0.141. The second-order valence-corrected chi connectivity index (χ2v) is 4.16. The molecule has 0 aliphatic rings. The maximum Gasteiger partial charge on any atom is 0.435 e. The zero-order valence-corrected chi connectivity index (χ0v) is 9.78. The molecule has 2 aromatic heterocycles. The van der Waals surface area contributed by atoms with Gasteiger partial charge in [-0.05, 0) is 40.8 Å². The summed E-state index contributed by atoms with van der Waals surface area (Å²) in [5.41, 5.74) is -0.655. The van der Waals surface area contributed by atoms with Crippen LogP contribution in [-0.4, -0.2) is 15.9 Å². The highest BCUT2D eigenvalue weighted by Crippen LogP contribution is 2.29. The van der Waals surface area contributed by atoms with Crippen LogP contribution >= 0.6 is 22.6 Å². The molecular formula is C9H4F3IN2O. The van der Waals surface area contributed by atoms with Crippen LogP contribution in [0.2, 0.25) is 0 Å². The maximum absolute atomic E-state index is 12.4. The summed E-state index contributed by atoms with van der Waals surface area (Å²) in [6, 6.07) is 3.86. The molecule has 0 atom stereocenters. The summed E-state index contributed by atoms with van der Waals surface area (Å²) in [5.74, 6) is 0. The summed E-state index contributed by atoms with van der Waals surface area (Å²) in [4.78, 5) is 10.7. The fourth-order valence-electron chi connectivity index (χ4n) is 1.30. The molecule has 7 heteroatoms. The maximum atomic E-state index is 12.4. The number of aromatic nitrogens is 2. The van der Waals surface area contributed by atoms with Crippen LogP contribution in [0.5, 0.6) is 0 Å². The number of nitrogens with zero attached hydrogens (tertiary/aromatic N) is 2. The Morgan fingerprint density at radius 2 is 2.06 bits per heavy atom. The average molecular weight is 340 g/mol. The van der Waals surface area contributed by atoms with Gasteiger partial charge in [0.1, 0.15) is 3.70 Å². The number of aldehydes is 1. The third kappa shape index (κ3) is 1.79. The fraction of sp³-hybridized carbons (Fsp3) is 0.111. The van der Waals surface area contributed by atoms with Crippen molar-refractivity contribution >= 4 is 34.4 Å². The number of carbonyl (C=O) groups excluding carboxylic acids is 1.